The number of ether oxygens (including phenoxy) is 1. The van der Waals surface area contributed by atoms with Gasteiger partial charge in [-0.05, 0) is 43.6 Å². The van der Waals surface area contributed by atoms with Gasteiger partial charge in [0.2, 0.25) is 0 Å². The number of unbranched alkanes of at least 4 members (excludes halogenated alkanes) is 1. The Morgan fingerprint density at radius 2 is 1.93 bits per heavy atom. The smallest absolute Gasteiger partial charge is 0.303 e. The third-order valence-electron chi connectivity index (χ3n) is 5.83. The standard InChI is InChI=1S/C22H31NO4/c24-19(16-8-4-3-5-9-16)15-23-14-18-17(20-12-13-21(18)27-20)10-6-1-2-7-11-22(25)26/h1,3-6,8-9,17-21,23-24H,2,7,10-15H2,(H,25,26)/t17-,18+,19?,20-,21+/m1/s1. The van der Waals surface area contributed by atoms with E-state index in [1.807, 2.05) is 30.3 Å². The molecule has 2 bridgehead atoms. The zero-order valence-corrected chi connectivity index (χ0v) is 15.8. The van der Waals surface area contributed by atoms with Crippen molar-refractivity contribution < 1.29 is 19.7 Å². The molecular weight excluding hydrogens is 342 g/mol. The van der Waals surface area contributed by atoms with E-state index in [-0.39, 0.29) is 6.42 Å². The average Bonchev–Trinajstić information content (AvgIpc) is 3.27. The minimum atomic E-state index is -0.728. The molecule has 27 heavy (non-hydrogen) atoms. The number of carbonyl (C=O) groups is 1. The molecule has 5 heteroatoms. The Hall–Kier alpha value is -1.69. The second-order valence-corrected chi connectivity index (χ2v) is 7.70. The number of aliphatic carboxylic acids is 1. The third-order valence-corrected chi connectivity index (χ3v) is 5.83. The van der Waals surface area contributed by atoms with Gasteiger partial charge in [-0.2, -0.15) is 0 Å². The predicted octanol–water partition coefficient (Wildman–Crippen LogP) is 3.30. The molecule has 0 aliphatic carbocycles. The summed E-state index contributed by atoms with van der Waals surface area (Å²) in [6.07, 6.45) is 9.52. The number of nitrogens with one attached hydrogen (secondary N) is 1. The molecule has 1 aromatic carbocycles. The summed E-state index contributed by atoms with van der Waals surface area (Å²) in [5, 5.41) is 22.4. The maximum Gasteiger partial charge on any atom is 0.303 e. The van der Waals surface area contributed by atoms with E-state index in [1.165, 1.54) is 0 Å². The van der Waals surface area contributed by atoms with Gasteiger partial charge in [0.1, 0.15) is 0 Å². The molecule has 5 atom stereocenters. The minimum absolute atomic E-state index is 0.234. The zero-order valence-electron chi connectivity index (χ0n) is 15.8. The molecule has 1 unspecified atom stereocenters. The maximum absolute atomic E-state index is 10.5. The van der Waals surface area contributed by atoms with Crippen LogP contribution >= 0.6 is 0 Å². The first-order chi connectivity index (χ1) is 13.1. The maximum atomic E-state index is 10.5. The van der Waals surface area contributed by atoms with Crippen LogP contribution in [0.3, 0.4) is 0 Å². The number of carboxylic acids is 1. The van der Waals surface area contributed by atoms with Gasteiger partial charge in [0.05, 0.1) is 18.3 Å². The second-order valence-electron chi connectivity index (χ2n) is 7.70. The Kier molecular flexibility index (Phi) is 7.44. The van der Waals surface area contributed by atoms with Crippen LogP contribution in [0.5, 0.6) is 0 Å². The number of benzene rings is 1. The summed E-state index contributed by atoms with van der Waals surface area (Å²) >= 11 is 0. The van der Waals surface area contributed by atoms with Crippen LogP contribution in [0.15, 0.2) is 42.5 Å². The van der Waals surface area contributed by atoms with Crippen molar-refractivity contribution in [1.29, 1.82) is 0 Å². The van der Waals surface area contributed by atoms with Gasteiger partial charge in [0, 0.05) is 25.4 Å². The van der Waals surface area contributed by atoms with Crippen LogP contribution in [0.25, 0.3) is 0 Å². The van der Waals surface area contributed by atoms with E-state index in [2.05, 4.69) is 17.5 Å². The molecule has 5 nitrogen and oxygen atoms in total. The van der Waals surface area contributed by atoms with Crippen molar-refractivity contribution in [2.75, 3.05) is 13.1 Å². The molecule has 0 aromatic heterocycles. The lowest BCUT2D eigenvalue weighted by atomic mass is 9.77. The number of aliphatic hydroxyl groups is 1. The summed E-state index contributed by atoms with van der Waals surface area (Å²) in [6.45, 7) is 1.41. The fraction of sp³-hybridized carbons (Fsp3) is 0.591. The van der Waals surface area contributed by atoms with E-state index in [1.54, 1.807) is 0 Å². The summed E-state index contributed by atoms with van der Waals surface area (Å²) in [6, 6.07) is 9.74. The van der Waals surface area contributed by atoms with E-state index in [4.69, 9.17) is 9.84 Å². The predicted molar refractivity (Wildman–Crippen MR) is 104 cm³/mol. The Balaban J connectivity index is 1.42. The molecule has 3 N–H and O–H groups in total. The van der Waals surface area contributed by atoms with Crippen LogP contribution < -0.4 is 5.32 Å². The Bertz CT molecular complexity index is 618. The van der Waals surface area contributed by atoms with E-state index in [0.29, 0.717) is 37.0 Å². The molecule has 2 fully saturated rings. The Morgan fingerprint density at radius 3 is 2.67 bits per heavy atom. The van der Waals surface area contributed by atoms with Gasteiger partial charge in [0.15, 0.2) is 0 Å². The first kappa shape index (κ1) is 20.1. The molecule has 0 amide bonds. The van der Waals surface area contributed by atoms with Crippen molar-refractivity contribution in [3.8, 4) is 0 Å². The van der Waals surface area contributed by atoms with Crippen molar-refractivity contribution in [2.45, 2.75) is 56.8 Å². The zero-order chi connectivity index (χ0) is 19.1. The molecule has 0 saturated carbocycles. The highest BCUT2D eigenvalue weighted by Gasteiger charge is 2.47. The van der Waals surface area contributed by atoms with Gasteiger partial charge in [-0.1, -0.05) is 42.5 Å². The van der Waals surface area contributed by atoms with Gasteiger partial charge in [-0.3, -0.25) is 4.79 Å². The van der Waals surface area contributed by atoms with E-state index in [9.17, 15) is 9.90 Å². The lowest BCUT2D eigenvalue weighted by Gasteiger charge is -2.28. The van der Waals surface area contributed by atoms with Crippen molar-refractivity contribution in [1.82, 2.24) is 5.32 Å². The summed E-state index contributed by atoms with van der Waals surface area (Å²) in [5.41, 5.74) is 0.940. The molecule has 0 spiro atoms. The number of hydrogen-bond donors (Lipinski definition) is 3. The molecule has 2 saturated heterocycles. The molecular formula is C22H31NO4. The summed E-state index contributed by atoms with van der Waals surface area (Å²) in [7, 11) is 0. The lowest BCUT2D eigenvalue weighted by Crippen LogP contribution is -2.37. The van der Waals surface area contributed by atoms with Crippen LogP contribution in [-0.4, -0.2) is 41.5 Å². The third kappa shape index (κ3) is 5.64. The molecule has 2 aliphatic heterocycles. The van der Waals surface area contributed by atoms with E-state index in [0.717, 1.165) is 37.8 Å². The van der Waals surface area contributed by atoms with Crippen LogP contribution in [0, 0.1) is 11.8 Å². The van der Waals surface area contributed by atoms with Gasteiger partial charge in [0.25, 0.3) is 0 Å². The van der Waals surface area contributed by atoms with Crippen molar-refractivity contribution in [2.24, 2.45) is 11.8 Å². The normalized spacial score (nSPS) is 28.0. The molecule has 148 valence electrons. The fourth-order valence-corrected chi connectivity index (χ4v) is 4.40. The monoisotopic (exact) mass is 373 g/mol. The first-order valence-electron chi connectivity index (χ1n) is 10.1. The summed E-state index contributed by atoms with van der Waals surface area (Å²) in [5.74, 6) is 0.268. The number of aliphatic hydroxyl groups excluding tert-OH is 1. The van der Waals surface area contributed by atoms with Crippen LogP contribution in [0.2, 0.25) is 0 Å². The summed E-state index contributed by atoms with van der Waals surface area (Å²) in [4.78, 5) is 10.5. The van der Waals surface area contributed by atoms with E-state index < -0.39 is 12.1 Å². The lowest BCUT2D eigenvalue weighted by molar-refractivity contribution is -0.137. The number of allylic oxidation sites excluding steroid dienone is 2. The molecule has 0 radical (unpaired) electrons. The quantitative estimate of drug-likeness (QED) is 0.410. The molecule has 1 aromatic rings. The van der Waals surface area contributed by atoms with Crippen molar-refractivity contribution in [3.63, 3.8) is 0 Å². The summed E-state index contributed by atoms with van der Waals surface area (Å²) < 4.78 is 6.14. The highest BCUT2D eigenvalue weighted by molar-refractivity contribution is 5.66. The van der Waals surface area contributed by atoms with Crippen molar-refractivity contribution >= 4 is 5.97 Å². The average molecular weight is 373 g/mol. The largest absolute Gasteiger partial charge is 0.481 e. The number of rotatable bonds is 11. The van der Waals surface area contributed by atoms with Crippen LogP contribution in [-0.2, 0) is 9.53 Å². The molecule has 3 rings (SSSR count). The number of hydrogen-bond acceptors (Lipinski definition) is 4. The topological polar surface area (TPSA) is 78.8 Å². The van der Waals surface area contributed by atoms with Crippen LogP contribution in [0.1, 0.15) is 50.2 Å². The van der Waals surface area contributed by atoms with Gasteiger partial charge in [-0.25, -0.2) is 0 Å². The number of carboxylic acid groups (broad SMARTS) is 1. The first-order valence-corrected chi connectivity index (χ1v) is 10.1. The minimum Gasteiger partial charge on any atom is -0.481 e. The Labute approximate surface area is 161 Å². The fourth-order valence-electron chi connectivity index (χ4n) is 4.40. The Morgan fingerprint density at radius 1 is 1.19 bits per heavy atom. The van der Waals surface area contributed by atoms with Gasteiger partial charge >= 0.3 is 5.97 Å². The van der Waals surface area contributed by atoms with Crippen molar-refractivity contribution in [3.05, 3.63) is 48.0 Å². The second kappa shape index (κ2) is 10.0. The highest BCUT2D eigenvalue weighted by Crippen LogP contribution is 2.44. The molecule has 2 heterocycles. The van der Waals surface area contributed by atoms with Crippen LogP contribution in [0.4, 0.5) is 0 Å². The SMILES string of the molecule is O=C(O)CCCC=CC[C@@H]1[C@H](CNCC(O)c2ccccc2)[C@@H]2CC[C@H]1O2. The molecule has 2 aliphatic rings. The van der Waals surface area contributed by atoms with Gasteiger partial charge < -0.3 is 20.3 Å². The van der Waals surface area contributed by atoms with E-state index >= 15 is 0 Å². The number of fused-ring (bicyclic) bond motifs is 2. The van der Waals surface area contributed by atoms with Gasteiger partial charge in [-0.15, -0.1) is 0 Å². The highest BCUT2D eigenvalue weighted by atomic mass is 16.5.